The van der Waals surface area contributed by atoms with Gasteiger partial charge in [0.15, 0.2) is 10.7 Å². The number of carbonyl (C=O) groups excluding carboxylic acids is 2. The van der Waals surface area contributed by atoms with Crippen LogP contribution in [-0.2, 0) is 31.0 Å². The van der Waals surface area contributed by atoms with Crippen molar-refractivity contribution in [2.75, 3.05) is 20.8 Å². The number of esters is 1. The van der Waals surface area contributed by atoms with Crippen LogP contribution >= 0.6 is 12.2 Å². The minimum Gasteiger partial charge on any atom is -0.469 e. The van der Waals surface area contributed by atoms with Gasteiger partial charge in [0, 0.05) is 19.1 Å². The van der Waals surface area contributed by atoms with Gasteiger partial charge in [-0.2, -0.15) is 0 Å². The molecule has 7 heteroatoms. The van der Waals surface area contributed by atoms with Gasteiger partial charge in [-0.1, -0.05) is 18.2 Å². The molecule has 1 amide bonds. The normalized spacial score (nSPS) is 31.9. The Kier molecular flexibility index (Phi) is 5.09. The quantitative estimate of drug-likeness (QED) is 0.558. The fourth-order valence-electron chi connectivity index (χ4n) is 6.11. The molecule has 1 aromatic rings. The van der Waals surface area contributed by atoms with Gasteiger partial charge in [0.05, 0.1) is 19.6 Å². The Morgan fingerprint density at radius 2 is 1.97 bits per heavy atom. The predicted molar refractivity (Wildman–Crippen MR) is 120 cm³/mol. The van der Waals surface area contributed by atoms with Gasteiger partial charge < -0.3 is 14.8 Å². The number of hydrogen-bond donors (Lipinski definition) is 1. The monoisotopic (exact) mass is 442 g/mol. The van der Waals surface area contributed by atoms with Crippen LogP contribution in [0.3, 0.4) is 0 Å². The van der Waals surface area contributed by atoms with E-state index in [1.54, 1.807) is 12.0 Å². The van der Waals surface area contributed by atoms with E-state index in [1.165, 1.54) is 31.1 Å². The van der Waals surface area contributed by atoms with Crippen LogP contribution in [0.25, 0.3) is 0 Å². The summed E-state index contributed by atoms with van der Waals surface area (Å²) in [7, 11) is 3.13. The molecule has 1 aromatic carbocycles. The van der Waals surface area contributed by atoms with Gasteiger partial charge in [-0.15, -0.1) is 0 Å². The number of amides is 1. The molecule has 1 N–H and O–H groups in total. The number of benzene rings is 1. The van der Waals surface area contributed by atoms with Crippen LogP contribution in [0.15, 0.2) is 18.2 Å². The second-order valence-corrected chi connectivity index (χ2v) is 9.93. The first kappa shape index (κ1) is 20.9. The predicted octanol–water partition coefficient (Wildman–Crippen LogP) is 3.17. The van der Waals surface area contributed by atoms with E-state index in [4.69, 9.17) is 21.7 Å². The fourth-order valence-corrected chi connectivity index (χ4v) is 6.44. The van der Waals surface area contributed by atoms with Crippen LogP contribution in [0.5, 0.6) is 0 Å². The van der Waals surface area contributed by atoms with Crippen molar-refractivity contribution < 1.29 is 19.1 Å². The number of rotatable bonds is 5. The van der Waals surface area contributed by atoms with Gasteiger partial charge in [0.1, 0.15) is 0 Å². The zero-order valence-electron chi connectivity index (χ0n) is 18.2. The van der Waals surface area contributed by atoms with E-state index in [2.05, 4.69) is 23.5 Å². The van der Waals surface area contributed by atoms with E-state index in [-0.39, 0.29) is 36.4 Å². The molecule has 1 heterocycles. The van der Waals surface area contributed by atoms with Crippen molar-refractivity contribution in [3.05, 3.63) is 34.9 Å². The number of fused-ring (bicyclic) bond motifs is 3. The topological polar surface area (TPSA) is 67.9 Å². The highest BCUT2D eigenvalue weighted by Crippen LogP contribution is 2.60. The molecule has 5 rings (SSSR count). The average molecular weight is 443 g/mol. The number of carbonyl (C=O) groups is 2. The molecule has 0 bridgehead atoms. The molecule has 6 nitrogen and oxygen atoms in total. The number of ether oxygens (including phenoxy) is 2. The summed E-state index contributed by atoms with van der Waals surface area (Å²) in [6.45, 7) is 0.244. The third-order valence-electron chi connectivity index (χ3n) is 8.01. The standard InChI is InChI=1S/C24H30N2O4S/c1-29-18-7-10-23(11-8-18)14-17-6-5-16(15-3-4-15)13-19(17)24(23)21(28)26(22(31)25-24)12-9-20(27)30-2/h5-6,13,15,18H,3-4,7-12,14H2,1-2H3,(H,25,31). The average Bonchev–Trinajstić information content (AvgIpc) is 3.55. The summed E-state index contributed by atoms with van der Waals surface area (Å²) in [5, 5.41) is 3.94. The molecule has 1 aliphatic heterocycles. The zero-order valence-corrected chi connectivity index (χ0v) is 19.1. The van der Waals surface area contributed by atoms with Gasteiger partial charge in [-0.3, -0.25) is 14.5 Å². The zero-order chi connectivity index (χ0) is 21.8. The van der Waals surface area contributed by atoms with E-state index in [9.17, 15) is 9.59 Å². The first-order chi connectivity index (χ1) is 14.9. The smallest absolute Gasteiger partial charge is 0.307 e. The van der Waals surface area contributed by atoms with Crippen LogP contribution in [-0.4, -0.2) is 48.8 Å². The summed E-state index contributed by atoms with van der Waals surface area (Å²) >= 11 is 5.66. The molecule has 2 saturated carbocycles. The lowest BCUT2D eigenvalue weighted by Crippen LogP contribution is -2.56. The number of nitrogens with zero attached hydrogens (tertiary/aromatic N) is 1. The summed E-state index contributed by atoms with van der Waals surface area (Å²) in [5.74, 6) is 0.265. The van der Waals surface area contributed by atoms with Gasteiger partial charge in [0.2, 0.25) is 0 Å². The second-order valence-electron chi connectivity index (χ2n) is 9.55. The number of hydrogen-bond acceptors (Lipinski definition) is 5. The molecule has 166 valence electrons. The van der Waals surface area contributed by atoms with Crippen molar-refractivity contribution in [2.45, 2.75) is 68.9 Å². The highest BCUT2D eigenvalue weighted by Gasteiger charge is 2.67. The summed E-state index contributed by atoms with van der Waals surface area (Å²) in [5.41, 5.74) is 2.60. The van der Waals surface area contributed by atoms with Gasteiger partial charge in [-0.05, 0) is 79.8 Å². The van der Waals surface area contributed by atoms with Crippen LogP contribution in [0, 0.1) is 5.41 Å². The van der Waals surface area contributed by atoms with Crippen LogP contribution < -0.4 is 5.32 Å². The highest BCUT2D eigenvalue weighted by atomic mass is 32.1. The van der Waals surface area contributed by atoms with Gasteiger partial charge in [0.25, 0.3) is 5.91 Å². The first-order valence-electron chi connectivity index (χ1n) is 11.3. The number of methoxy groups -OCH3 is 2. The molecular weight excluding hydrogens is 412 g/mol. The Morgan fingerprint density at radius 3 is 2.61 bits per heavy atom. The maximum absolute atomic E-state index is 14.1. The summed E-state index contributed by atoms with van der Waals surface area (Å²) in [4.78, 5) is 27.5. The van der Waals surface area contributed by atoms with Crippen molar-refractivity contribution in [1.82, 2.24) is 10.2 Å². The van der Waals surface area contributed by atoms with Crippen LogP contribution in [0.2, 0.25) is 0 Å². The Hall–Kier alpha value is -1.99. The van der Waals surface area contributed by atoms with E-state index in [1.807, 2.05) is 0 Å². The van der Waals surface area contributed by atoms with Gasteiger partial charge in [-0.25, -0.2) is 0 Å². The minimum atomic E-state index is -0.848. The second kappa shape index (κ2) is 7.55. The van der Waals surface area contributed by atoms with Crippen molar-refractivity contribution in [2.24, 2.45) is 5.41 Å². The molecule has 3 aliphatic carbocycles. The van der Waals surface area contributed by atoms with Crippen molar-refractivity contribution in [3.8, 4) is 0 Å². The number of thiocarbonyl (C=S) groups is 1. The van der Waals surface area contributed by atoms with Crippen molar-refractivity contribution in [3.63, 3.8) is 0 Å². The summed E-state index contributed by atoms with van der Waals surface area (Å²) < 4.78 is 10.4. The van der Waals surface area contributed by atoms with Gasteiger partial charge >= 0.3 is 5.97 Å². The van der Waals surface area contributed by atoms with Crippen LogP contribution in [0.4, 0.5) is 0 Å². The molecule has 0 radical (unpaired) electrons. The van der Waals surface area contributed by atoms with Crippen LogP contribution in [0.1, 0.15) is 67.6 Å². The minimum absolute atomic E-state index is 0.0102. The molecular formula is C24H30N2O4S. The Morgan fingerprint density at radius 1 is 1.23 bits per heavy atom. The van der Waals surface area contributed by atoms with E-state index < -0.39 is 5.54 Å². The molecule has 1 saturated heterocycles. The fraction of sp³-hybridized carbons (Fsp3) is 0.625. The maximum Gasteiger partial charge on any atom is 0.307 e. The molecule has 2 spiro atoms. The Balaban J connectivity index is 1.56. The maximum atomic E-state index is 14.1. The molecule has 4 aliphatic rings. The lowest BCUT2D eigenvalue weighted by molar-refractivity contribution is -0.142. The molecule has 0 aromatic heterocycles. The Bertz CT molecular complexity index is 936. The van der Waals surface area contributed by atoms with E-state index in [0.29, 0.717) is 11.0 Å². The summed E-state index contributed by atoms with van der Waals surface area (Å²) in [6.07, 6.45) is 7.37. The molecule has 1 unspecified atom stereocenters. The lowest BCUT2D eigenvalue weighted by Gasteiger charge is -2.46. The van der Waals surface area contributed by atoms with E-state index in [0.717, 1.165) is 37.7 Å². The third-order valence-corrected chi connectivity index (χ3v) is 8.33. The molecule has 1 atom stereocenters. The van der Waals surface area contributed by atoms with Crippen molar-refractivity contribution in [1.29, 1.82) is 0 Å². The number of nitrogens with one attached hydrogen (secondary N) is 1. The largest absolute Gasteiger partial charge is 0.469 e. The molecule has 3 fully saturated rings. The highest BCUT2D eigenvalue weighted by molar-refractivity contribution is 7.80. The molecule has 31 heavy (non-hydrogen) atoms. The Labute approximate surface area is 188 Å². The lowest BCUT2D eigenvalue weighted by atomic mass is 9.61. The summed E-state index contributed by atoms with van der Waals surface area (Å²) in [6, 6.07) is 6.75. The SMILES string of the molecule is COC(=O)CCN1C(=O)C2(NC1=S)c1cc(C3CC3)ccc1CC21CCC(OC)CC1. The first-order valence-corrected chi connectivity index (χ1v) is 11.7. The third kappa shape index (κ3) is 3.11. The van der Waals surface area contributed by atoms with E-state index >= 15 is 0 Å². The van der Waals surface area contributed by atoms with Crippen molar-refractivity contribution >= 4 is 29.2 Å².